The molecule has 0 bridgehead atoms. The van der Waals surface area contributed by atoms with Crippen LogP contribution in [0.15, 0.2) is 17.5 Å². The number of Topliss-reactive ketones (excluding diaryl/α,β-unsaturated/α-hetero) is 1. The van der Waals surface area contributed by atoms with Crippen LogP contribution in [0.1, 0.15) is 20.3 Å². The molecule has 0 spiro atoms. The Morgan fingerprint density at radius 2 is 2.22 bits per heavy atom. The van der Waals surface area contributed by atoms with Gasteiger partial charge in [-0.1, -0.05) is 6.92 Å². The van der Waals surface area contributed by atoms with Crippen LogP contribution in [0.4, 0.5) is 0 Å². The van der Waals surface area contributed by atoms with E-state index in [1.165, 1.54) is 11.3 Å². The molecule has 1 rings (SSSR count). The van der Waals surface area contributed by atoms with Crippen molar-refractivity contribution in [2.24, 2.45) is 0 Å². The van der Waals surface area contributed by atoms with Crippen LogP contribution in [0, 0.1) is 0 Å². The van der Waals surface area contributed by atoms with Crippen LogP contribution in [0.5, 0.6) is 5.06 Å². The molecule has 0 aromatic carbocycles. The van der Waals surface area contributed by atoms with Gasteiger partial charge in [-0.25, -0.2) is 4.79 Å². The van der Waals surface area contributed by atoms with Crippen LogP contribution >= 0.6 is 11.3 Å². The van der Waals surface area contributed by atoms with Gasteiger partial charge in [-0.2, -0.15) is 0 Å². The first kappa shape index (κ1) is 14.5. The zero-order valence-electron chi connectivity index (χ0n) is 10.1. The Morgan fingerprint density at radius 3 is 2.72 bits per heavy atom. The molecule has 98 valence electrons. The molecular weight excluding hydrogens is 256 g/mol. The molecule has 6 heteroatoms. The third kappa shape index (κ3) is 4.05. The maximum Gasteiger partial charge on any atom is 0.384 e. The maximum atomic E-state index is 11.6. The minimum Gasteiger partial charge on any atom is -0.410 e. The Morgan fingerprint density at radius 1 is 1.50 bits per heavy atom. The topological polar surface area (TPSA) is 69.7 Å². The monoisotopic (exact) mass is 270 g/mol. The third-order valence-electron chi connectivity index (χ3n) is 2.23. The Labute approximate surface area is 109 Å². The van der Waals surface area contributed by atoms with Gasteiger partial charge in [0.2, 0.25) is 0 Å². The molecule has 0 saturated carbocycles. The summed E-state index contributed by atoms with van der Waals surface area (Å²) < 4.78 is 9.94. The van der Waals surface area contributed by atoms with Gasteiger partial charge >= 0.3 is 5.97 Å². The fraction of sp³-hybridized carbons (Fsp3) is 0.417. The molecular formula is C12H14O5S. The van der Waals surface area contributed by atoms with Gasteiger partial charge in [-0.15, -0.1) is 11.3 Å². The number of ether oxygens (including phenoxy) is 2. The lowest BCUT2D eigenvalue weighted by molar-refractivity contribution is -0.156. The van der Waals surface area contributed by atoms with Crippen LogP contribution in [-0.4, -0.2) is 30.2 Å². The molecule has 1 aromatic heterocycles. The lowest BCUT2D eigenvalue weighted by Gasteiger charge is -2.14. The first-order valence-corrected chi connectivity index (χ1v) is 6.36. The van der Waals surface area contributed by atoms with Crippen molar-refractivity contribution < 1.29 is 23.9 Å². The molecule has 0 amide bonds. The number of aldehydes is 1. The van der Waals surface area contributed by atoms with Gasteiger partial charge in [0.05, 0.1) is 6.10 Å². The molecule has 0 saturated heterocycles. The average molecular weight is 270 g/mol. The van der Waals surface area contributed by atoms with E-state index in [1.54, 1.807) is 24.4 Å². The van der Waals surface area contributed by atoms with E-state index >= 15 is 0 Å². The van der Waals surface area contributed by atoms with Gasteiger partial charge < -0.3 is 9.47 Å². The zero-order chi connectivity index (χ0) is 13.5. The lowest BCUT2D eigenvalue weighted by Crippen LogP contribution is -2.37. The van der Waals surface area contributed by atoms with Gasteiger partial charge in [-0.3, -0.25) is 9.59 Å². The first-order chi connectivity index (χ1) is 8.58. The molecule has 1 aromatic rings. The summed E-state index contributed by atoms with van der Waals surface area (Å²) in [6, 6.07) is 3.24. The van der Waals surface area contributed by atoms with Crippen LogP contribution in [0.3, 0.4) is 0 Å². The van der Waals surface area contributed by atoms with Gasteiger partial charge in [0.1, 0.15) is 0 Å². The molecule has 0 aliphatic rings. The van der Waals surface area contributed by atoms with Gasteiger partial charge in [0.25, 0.3) is 5.78 Å². The van der Waals surface area contributed by atoms with Crippen molar-refractivity contribution in [3.63, 3.8) is 0 Å². The van der Waals surface area contributed by atoms with Gasteiger partial charge in [0.15, 0.2) is 17.5 Å². The highest BCUT2D eigenvalue weighted by atomic mass is 32.1. The maximum absolute atomic E-state index is 11.6. The normalized spacial score (nSPS) is 13.7. The number of hydrogen-bond acceptors (Lipinski definition) is 6. The van der Waals surface area contributed by atoms with Crippen LogP contribution in [-0.2, 0) is 19.1 Å². The second-order valence-corrected chi connectivity index (χ2v) is 4.51. The predicted octanol–water partition coefficient (Wildman–Crippen LogP) is 1.61. The number of ketones is 1. The molecule has 2 atom stereocenters. The van der Waals surface area contributed by atoms with Crippen molar-refractivity contribution in [1.82, 2.24) is 0 Å². The standard InChI is InChI=1S/C12H14O5S/c1-3-8(2)16-9(7-13)11(14)12(15)17-10-5-4-6-18-10/h4-9H,3H2,1-2H3. The second-order valence-electron chi connectivity index (χ2n) is 3.60. The summed E-state index contributed by atoms with van der Waals surface area (Å²) in [4.78, 5) is 33.9. The molecule has 0 N–H and O–H groups in total. The fourth-order valence-corrected chi connectivity index (χ4v) is 1.65. The summed E-state index contributed by atoms with van der Waals surface area (Å²) in [5.74, 6) is -2.07. The SMILES string of the molecule is CCC(C)OC(C=O)C(=O)C(=O)Oc1cccs1. The number of hydrogen-bond donors (Lipinski definition) is 0. The molecule has 0 fully saturated rings. The van der Waals surface area contributed by atoms with E-state index in [4.69, 9.17) is 9.47 Å². The average Bonchev–Trinajstić information content (AvgIpc) is 2.87. The summed E-state index contributed by atoms with van der Waals surface area (Å²) in [5, 5.41) is 2.02. The zero-order valence-corrected chi connectivity index (χ0v) is 10.9. The number of esters is 1. The third-order valence-corrected chi connectivity index (χ3v) is 2.97. The Hall–Kier alpha value is -1.53. The van der Waals surface area contributed by atoms with E-state index in [-0.39, 0.29) is 6.10 Å². The molecule has 0 aliphatic carbocycles. The molecule has 0 radical (unpaired) electrons. The number of thiophene rings is 1. The first-order valence-electron chi connectivity index (χ1n) is 5.48. The van der Waals surface area contributed by atoms with Gasteiger partial charge in [0, 0.05) is 0 Å². The van der Waals surface area contributed by atoms with Crippen LogP contribution in [0.25, 0.3) is 0 Å². The fourth-order valence-electron chi connectivity index (χ4n) is 1.08. The van der Waals surface area contributed by atoms with Crippen molar-refractivity contribution in [3.8, 4) is 5.06 Å². The Kier molecular flexibility index (Phi) is 5.67. The largest absolute Gasteiger partial charge is 0.410 e. The van der Waals surface area contributed by atoms with Crippen molar-refractivity contribution in [2.45, 2.75) is 32.5 Å². The summed E-state index contributed by atoms with van der Waals surface area (Å²) in [6.45, 7) is 3.56. The Bertz CT molecular complexity index is 412. The molecule has 18 heavy (non-hydrogen) atoms. The van der Waals surface area contributed by atoms with Crippen molar-refractivity contribution in [1.29, 1.82) is 0 Å². The molecule has 1 heterocycles. The summed E-state index contributed by atoms with van der Waals surface area (Å²) in [6.07, 6.45) is -0.729. The van der Waals surface area contributed by atoms with E-state index in [0.29, 0.717) is 17.8 Å². The highest BCUT2D eigenvalue weighted by Gasteiger charge is 2.29. The molecule has 2 unspecified atom stereocenters. The van der Waals surface area contributed by atoms with Crippen molar-refractivity contribution in [2.75, 3.05) is 0 Å². The smallest absolute Gasteiger partial charge is 0.384 e. The van der Waals surface area contributed by atoms with Crippen molar-refractivity contribution in [3.05, 3.63) is 17.5 Å². The lowest BCUT2D eigenvalue weighted by atomic mass is 10.2. The van der Waals surface area contributed by atoms with Crippen LogP contribution in [0.2, 0.25) is 0 Å². The van der Waals surface area contributed by atoms with E-state index in [2.05, 4.69) is 0 Å². The van der Waals surface area contributed by atoms with E-state index in [0.717, 1.165) is 0 Å². The summed E-state index contributed by atoms with van der Waals surface area (Å²) in [5.41, 5.74) is 0. The van der Waals surface area contributed by atoms with E-state index in [9.17, 15) is 14.4 Å². The Balaban J connectivity index is 2.60. The highest BCUT2D eigenvalue weighted by Crippen LogP contribution is 2.18. The number of carbonyl (C=O) groups excluding carboxylic acids is 3. The van der Waals surface area contributed by atoms with E-state index < -0.39 is 17.9 Å². The summed E-state index contributed by atoms with van der Waals surface area (Å²) in [7, 11) is 0. The quantitative estimate of drug-likeness (QED) is 0.326. The predicted molar refractivity (Wildman–Crippen MR) is 65.7 cm³/mol. The minimum absolute atomic E-state index is 0.279. The molecule has 0 aliphatic heterocycles. The second kappa shape index (κ2) is 7.03. The number of rotatable bonds is 7. The molecule has 5 nitrogen and oxygen atoms in total. The van der Waals surface area contributed by atoms with Crippen LogP contribution < -0.4 is 4.74 Å². The van der Waals surface area contributed by atoms with Crippen molar-refractivity contribution >= 4 is 29.4 Å². The highest BCUT2D eigenvalue weighted by molar-refractivity contribution is 7.11. The number of carbonyl (C=O) groups is 3. The van der Waals surface area contributed by atoms with E-state index in [1.807, 2.05) is 6.92 Å². The minimum atomic E-state index is -1.40. The summed E-state index contributed by atoms with van der Waals surface area (Å²) >= 11 is 1.18. The van der Waals surface area contributed by atoms with Gasteiger partial charge in [-0.05, 0) is 30.9 Å².